The van der Waals surface area contributed by atoms with Gasteiger partial charge in [0.2, 0.25) is 5.78 Å². The van der Waals surface area contributed by atoms with Gasteiger partial charge in [-0.25, -0.2) is 15.0 Å². The minimum Gasteiger partial charge on any atom is -0.277 e. The largest absolute Gasteiger partial charge is 0.277 e. The van der Waals surface area contributed by atoms with Gasteiger partial charge in [0.05, 0.1) is 39.1 Å². The number of benzene rings is 9. The van der Waals surface area contributed by atoms with Crippen molar-refractivity contribution >= 4 is 27.8 Å². The fraction of sp³-hybridized carbons (Fsp3) is 0. The molecule has 0 N–H and O–H groups in total. The van der Waals surface area contributed by atoms with Crippen LogP contribution in [0.4, 0.5) is 0 Å². The van der Waals surface area contributed by atoms with E-state index < -0.39 is 0 Å². The molecule has 0 aliphatic heterocycles. The molecular formula is C59H39N5. The molecule has 0 bridgehead atoms. The van der Waals surface area contributed by atoms with Crippen LogP contribution in [0.25, 0.3) is 112 Å². The highest BCUT2D eigenvalue weighted by atomic mass is 15.2. The number of aromatic nitrogens is 5. The minimum absolute atomic E-state index is 0.701. The van der Waals surface area contributed by atoms with Crippen LogP contribution in [-0.4, -0.2) is 23.9 Å². The molecule has 0 atom stereocenters. The minimum atomic E-state index is 0.701. The van der Waals surface area contributed by atoms with Crippen LogP contribution in [0, 0.1) is 0 Å². The topological polar surface area (TPSA) is 48.0 Å². The van der Waals surface area contributed by atoms with Crippen LogP contribution in [0.5, 0.6) is 0 Å². The Bertz CT molecular complexity index is 3500. The average Bonchev–Trinajstić information content (AvgIpc) is 3.91. The second-order valence-corrected chi connectivity index (χ2v) is 16.1. The van der Waals surface area contributed by atoms with Crippen LogP contribution >= 0.6 is 0 Å². The molecule has 12 rings (SSSR count). The molecule has 0 saturated heterocycles. The van der Waals surface area contributed by atoms with E-state index in [0.717, 1.165) is 101 Å². The number of hydrogen-bond acceptors (Lipinski definition) is 3. The highest BCUT2D eigenvalue weighted by Crippen LogP contribution is 2.41. The van der Waals surface area contributed by atoms with Crippen molar-refractivity contribution in [1.29, 1.82) is 0 Å². The van der Waals surface area contributed by atoms with Gasteiger partial charge in [-0.2, -0.15) is 0 Å². The van der Waals surface area contributed by atoms with Gasteiger partial charge >= 0.3 is 0 Å². The quantitative estimate of drug-likeness (QED) is 0.153. The van der Waals surface area contributed by atoms with Gasteiger partial charge in [-0.15, -0.1) is 0 Å². The third-order valence-electron chi connectivity index (χ3n) is 12.2. The number of fused-ring (bicyclic) bond motifs is 5. The van der Waals surface area contributed by atoms with Crippen molar-refractivity contribution in [1.82, 2.24) is 23.9 Å². The maximum Gasteiger partial charge on any atom is 0.220 e. The van der Waals surface area contributed by atoms with E-state index in [9.17, 15) is 0 Å². The highest BCUT2D eigenvalue weighted by molar-refractivity contribution is 5.98. The van der Waals surface area contributed by atoms with Gasteiger partial charge in [-0.1, -0.05) is 206 Å². The fourth-order valence-corrected chi connectivity index (χ4v) is 9.05. The molecule has 0 unspecified atom stereocenters. The van der Waals surface area contributed by atoms with E-state index in [2.05, 4.69) is 209 Å². The Balaban J connectivity index is 1.06. The Hall–Kier alpha value is -8.67. The van der Waals surface area contributed by atoms with Crippen molar-refractivity contribution in [3.05, 3.63) is 237 Å². The summed E-state index contributed by atoms with van der Waals surface area (Å²) in [7, 11) is 0. The van der Waals surface area contributed by atoms with E-state index >= 15 is 0 Å². The molecule has 0 radical (unpaired) electrons. The molecule has 0 spiro atoms. The summed E-state index contributed by atoms with van der Waals surface area (Å²) < 4.78 is 4.72. The first-order valence-electron chi connectivity index (χ1n) is 21.6. The van der Waals surface area contributed by atoms with E-state index in [1.807, 2.05) is 36.4 Å². The second kappa shape index (κ2) is 15.7. The normalized spacial score (nSPS) is 11.4. The van der Waals surface area contributed by atoms with Crippen molar-refractivity contribution in [2.75, 3.05) is 0 Å². The molecule has 64 heavy (non-hydrogen) atoms. The third kappa shape index (κ3) is 6.55. The lowest BCUT2D eigenvalue weighted by Crippen LogP contribution is -2.01. The van der Waals surface area contributed by atoms with Crippen molar-refractivity contribution < 1.29 is 0 Å². The van der Waals surface area contributed by atoms with Gasteiger partial charge in [0, 0.05) is 27.8 Å². The molecule has 0 saturated carbocycles. The molecule has 12 aromatic rings. The number of rotatable bonds is 8. The Morgan fingerprint density at radius 1 is 0.281 bits per heavy atom. The van der Waals surface area contributed by atoms with Gasteiger partial charge in [-0.05, 0) is 63.7 Å². The summed E-state index contributed by atoms with van der Waals surface area (Å²) in [4.78, 5) is 15.6. The maximum absolute atomic E-state index is 5.45. The lowest BCUT2D eigenvalue weighted by atomic mass is 9.95. The van der Waals surface area contributed by atoms with Crippen molar-refractivity contribution in [3.8, 4) is 84.1 Å². The lowest BCUT2D eigenvalue weighted by molar-refractivity contribution is 1.11. The maximum atomic E-state index is 5.45. The number of hydrogen-bond donors (Lipinski definition) is 0. The molecule has 5 heteroatoms. The number of para-hydroxylation sites is 1. The first-order valence-corrected chi connectivity index (χ1v) is 21.6. The van der Waals surface area contributed by atoms with E-state index in [1.165, 1.54) is 5.56 Å². The molecule has 0 aliphatic carbocycles. The first kappa shape index (κ1) is 37.1. The fourth-order valence-electron chi connectivity index (χ4n) is 9.05. The molecule has 5 nitrogen and oxygen atoms in total. The predicted octanol–water partition coefficient (Wildman–Crippen LogP) is 14.9. The van der Waals surface area contributed by atoms with Crippen LogP contribution in [0.15, 0.2) is 237 Å². The summed E-state index contributed by atoms with van der Waals surface area (Å²) in [5.74, 6) is 1.56. The summed E-state index contributed by atoms with van der Waals surface area (Å²) in [6.07, 6.45) is 0. The van der Waals surface area contributed by atoms with E-state index in [4.69, 9.17) is 15.0 Å². The van der Waals surface area contributed by atoms with Gasteiger partial charge < -0.3 is 0 Å². The van der Waals surface area contributed by atoms with Crippen molar-refractivity contribution in [3.63, 3.8) is 0 Å². The van der Waals surface area contributed by atoms with Gasteiger partial charge in [0.25, 0.3) is 0 Å². The molecule has 0 amide bonds. The summed E-state index contributed by atoms with van der Waals surface area (Å²) in [5.41, 5.74) is 19.1. The van der Waals surface area contributed by atoms with Crippen LogP contribution in [-0.2, 0) is 0 Å². The monoisotopic (exact) mass is 817 g/mol. The Labute approximate surface area is 370 Å². The third-order valence-corrected chi connectivity index (χ3v) is 12.2. The van der Waals surface area contributed by atoms with E-state index in [1.54, 1.807) is 0 Å². The lowest BCUT2D eigenvalue weighted by Gasteiger charge is -2.18. The Morgan fingerprint density at radius 3 is 1.30 bits per heavy atom. The van der Waals surface area contributed by atoms with Gasteiger partial charge in [0.15, 0.2) is 5.82 Å². The smallest absolute Gasteiger partial charge is 0.220 e. The highest BCUT2D eigenvalue weighted by Gasteiger charge is 2.23. The molecule has 0 fully saturated rings. The molecule has 3 aromatic heterocycles. The summed E-state index contributed by atoms with van der Waals surface area (Å²) in [5, 5.41) is 0. The Morgan fingerprint density at radius 2 is 0.719 bits per heavy atom. The zero-order valence-electron chi connectivity index (χ0n) is 34.8. The number of imidazole rings is 2. The standard InChI is InChI=1S/C59H39N5/c1-6-17-40(18-7-1)47-33-35-51-55(37-47)63-56-38-48(41-29-31-45(32-30-41)53-39-52(44-23-12-4-13-24-44)60-58(61-53)46-25-14-5-15-26-46)34-36-54(56)64(59(63)62-51)57-49(42-19-8-2-9-20-42)27-16-28-50(57)43-21-10-3-11-22-43/h1-39H. The van der Waals surface area contributed by atoms with Gasteiger partial charge in [0.1, 0.15) is 0 Å². The summed E-state index contributed by atoms with van der Waals surface area (Å²) in [6.45, 7) is 0. The van der Waals surface area contributed by atoms with Crippen LogP contribution in [0.1, 0.15) is 0 Å². The molecular weight excluding hydrogens is 779 g/mol. The second-order valence-electron chi connectivity index (χ2n) is 16.1. The molecule has 0 aliphatic rings. The molecule has 9 aromatic carbocycles. The zero-order valence-corrected chi connectivity index (χ0v) is 34.8. The van der Waals surface area contributed by atoms with E-state index in [0.29, 0.717) is 5.82 Å². The predicted molar refractivity (Wildman–Crippen MR) is 263 cm³/mol. The van der Waals surface area contributed by atoms with Crippen LogP contribution in [0.2, 0.25) is 0 Å². The van der Waals surface area contributed by atoms with Crippen molar-refractivity contribution in [2.24, 2.45) is 0 Å². The molecule has 300 valence electrons. The van der Waals surface area contributed by atoms with Crippen LogP contribution in [0.3, 0.4) is 0 Å². The summed E-state index contributed by atoms with van der Waals surface area (Å²) >= 11 is 0. The SMILES string of the molecule is c1ccc(-c2ccc3nc4n(-c5c(-c6ccccc6)cccc5-c5ccccc5)c5ccc(-c6ccc(-c7cc(-c8ccccc8)nc(-c8ccccc8)n7)cc6)cc5n4c3c2)cc1. The molecule has 3 heterocycles. The zero-order chi connectivity index (χ0) is 42.4. The van der Waals surface area contributed by atoms with E-state index in [-0.39, 0.29) is 0 Å². The summed E-state index contributed by atoms with van der Waals surface area (Å²) in [6, 6.07) is 83.4. The Kier molecular flexibility index (Phi) is 9.08. The van der Waals surface area contributed by atoms with Crippen LogP contribution < -0.4 is 0 Å². The average molecular weight is 818 g/mol. The van der Waals surface area contributed by atoms with Crippen molar-refractivity contribution in [2.45, 2.75) is 0 Å². The number of nitrogens with zero attached hydrogens (tertiary/aromatic N) is 5. The first-order chi connectivity index (χ1) is 31.7. The van der Waals surface area contributed by atoms with Gasteiger partial charge in [-0.3, -0.25) is 8.97 Å².